The summed E-state index contributed by atoms with van der Waals surface area (Å²) in [4.78, 5) is 2.70. The molecule has 0 aliphatic carbocycles. The Balaban J connectivity index is 2.38. The molecular weight excluding hydrogens is 208 g/mol. The summed E-state index contributed by atoms with van der Waals surface area (Å²) in [5.74, 6) is 1.66. The molecule has 1 heterocycles. The van der Waals surface area contributed by atoms with E-state index in [9.17, 15) is 0 Å². The third-order valence-electron chi connectivity index (χ3n) is 3.84. The van der Waals surface area contributed by atoms with Gasteiger partial charge in [-0.25, -0.2) is 0 Å². The summed E-state index contributed by atoms with van der Waals surface area (Å²) < 4.78 is 0. The molecule has 0 aromatic rings. The minimum Gasteiger partial charge on any atom is -0.311 e. The predicted molar refractivity (Wildman–Crippen MR) is 76.4 cm³/mol. The van der Waals surface area contributed by atoms with Gasteiger partial charge in [0.2, 0.25) is 0 Å². The summed E-state index contributed by atoms with van der Waals surface area (Å²) >= 11 is 0. The van der Waals surface area contributed by atoms with Gasteiger partial charge in [-0.15, -0.1) is 0 Å². The minimum absolute atomic E-state index is 0.706. The molecule has 1 rings (SSSR count). The van der Waals surface area contributed by atoms with Crippen LogP contribution in [0.15, 0.2) is 0 Å². The molecule has 2 heteroatoms. The SMILES string of the molecule is CCCC1CN(CC(C)CC(C)C)C(C)CN1. The van der Waals surface area contributed by atoms with Crippen LogP contribution in [0.2, 0.25) is 0 Å². The fourth-order valence-corrected chi connectivity index (χ4v) is 3.07. The molecule has 1 aliphatic heterocycles. The minimum atomic E-state index is 0.706. The second kappa shape index (κ2) is 7.38. The molecule has 102 valence electrons. The average Bonchev–Trinajstić information content (AvgIpc) is 2.22. The zero-order valence-corrected chi connectivity index (χ0v) is 12.5. The van der Waals surface area contributed by atoms with Crippen molar-refractivity contribution in [2.45, 2.75) is 66.0 Å². The van der Waals surface area contributed by atoms with Gasteiger partial charge in [0, 0.05) is 31.7 Å². The van der Waals surface area contributed by atoms with Gasteiger partial charge < -0.3 is 5.32 Å². The van der Waals surface area contributed by atoms with Crippen LogP contribution in [0.4, 0.5) is 0 Å². The zero-order chi connectivity index (χ0) is 12.8. The van der Waals surface area contributed by atoms with Gasteiger partial charge in [-0.2, -0.15) is 0 Å². The smallest absolute Gasteiger partial charge is 0.0195 e. The molecule has 0 aromatic heterocycles. The van der Waals surface area contributed by atoms with Crippen molar-refractivity contribution in [3.63, 3.8) is 0 Å². The number of piperazine rings is 1. The summed E-state index contributed by atoms with van der Waals surface area (Å²) in [5, 5.41) is 3.67. The molecule has 2 nitrogen and oxygen atoms in total. The van der Waals surface area contributed by atoms with Crippen LogP contribution in [0.25, 0.3) is 0 Å². The van der Waals surface area contributed by atoms with E-state index in [0.29, 0.717) is 6.04 Å². The van der Waals surface area contributed by atoms with Crippen LogP contribution in [0.5, 0.6) is 0 Å². The van der Waals surface area contributed by atoms with E-state index in [-0.39, 0.29) is 0 Å². The highest BCUT2D eigenvalue weighted by Gasteiger charge is 2.25. The monoisotopic (exact) mass is 240 g/mol. The van der Waals surface area contributed by atoms with Gasteiger partial charge in [-0.05, 0) is 31.6 Å². The molecule has 1 aliphatic rings. The average molecular weight is 240 g/mol. The van der Waals surface area contributed by atoms with E-state index in [4.69, 9.17) is 0 Å². The van der Waals surface area contributed by atoms with E-state index in [0.717, 1.165) is 17.9 Å². The second-order valence-electron chi connectivity index (χ2n) is 6.43. The Morgan fingerprint density at radius 3 is 2.59 bits per heavy atom. The first kappa shape index (κ1) is 15.0. The fourth-order valence-electron chi connectivity index (χ4n) is 3.07. The van der Waals surface area contributed by atoms with Crippen molar-refractivity contribution >= 4 is 0 Å². The van der Waals surface area contributed by atoms with Crippen molar-refractivity contribution in [3.8, 4) is 0 Å². The molecule has 0 spiro atoms. The Bertz CT molecular complexity index is 203. The second-order valence-corrected chi connectivity index (χ2v) is 6.43. The number of hydrogen-bond donors (Lipinski definition) is 1. The summed E-state index contributed by atoms with van der Waals surface area (Å²) in [5.41, 5.74) is 0. The molecule has 1 fully saturated rings. The molecule has 0 amide bonds. The van der Waals surface area contributed by atoms with Gasteiger partial charge in [0.05, 0.1) is 0 Å². The van der Waals surface area contributed by atoms with Gasteiger partial charge in [0.1, 0.15) is 0 Å². The van der Waals surface area contributed by atoms with Crippen molar-refractivity contribution in [3.05, 3.63) is 0 Å². The maximum atomic E-state index is 3.67. The van der Waals surface area contributed by atoms with Crippen molar-refractivity contribution in [2.75, 3.05) is 19.6 Å². The van der Waals surface area contributed by atoms with Crippen molar-refractivity contribution in [1.29, 1.82) is 0 Å². The van der Waals surface area contributed by atoms with Gasteiger partial charge in [-0.3, -0.25) is 4.90 Å². The third kappa shape index (κ3) is 5.39. The summed E-state index contributed by atoms with van der Waals surface area (Å²) in [6.45, 7) is 15.4. The van der Waals surface area contributed by atoms with Gasteiger partial charge in [-0.1, -0.05) is 34.1 Å². The van der Waals surface area contributed by atoms with Crippen molar-refractivity contribution in [2.24, 2.45) is 11.8 Å². The van der Waals surface area contributed by atoms with Crippen LogP contribution in [-0.2, 0) is 0 Å². The number of rotatable bonds is 6. The molecule has 1 saturated heterocycles. The van der Waals surface area contributed by atoms with Crippen LogP contribution < -0.4 is 5.32 Å². The van der Waals surface area contributed by atoms with Crippen LogP contribution in [-0.4, -0.2) is 36.6 Å². The van der Waals surface area contributed by atoms with Gasteiger partial charge in [0.25, 0.3) is 0 Å². The molecule has 0 aromatic carbocycles. The van der Waals surface area contributed by atoms with Crippen LogP contribution in [0, 0.1) is 11.8 Å². The number of nitrogens with one attached hydrogen (secondary N) is 1. The Kier molecular flexibility index (Phi) is 6.50. The normalized spacial score (nSPS) is 28.6. The summed E-state index contributed by atoms with van der Waals surface area (Å²) in [6, 6.07) is 1.43. The fraction of sp³-hybridized carbons (Fsp3) is 1.00. The largest absolute Gasteiger partial charge is 0.311 e. The van der Waals surface area contributed by atoms with E-state index in [2.05, 4.69) is 44.8 Å². The lowest BCUT2D eigenvalue weighted by atomic mass is 9.96. The van der Waals surface area contributed by atoms with E-state index >= 15 is 0 Å². The molecular formula is C15H32N2. The molecule has 3 unspecified atom stereocenters. The van der Waals surface area contributed by atoms with Crippen molar-refractivity contribution < 1.29 is 0 Å². The molecule has 3 atom stereocenters. The van der Waals surface area contributed by atoms with E-state index in [1.165, 1.54) is 38.9 Å². The quantitative estimate of drug-likeness (QED) is 0.767. The first-order valence-corrected chi connectivity index (χ1v) is 7.50. The lowest BCUT2D eigenvalue weighted by Crippen LogP contribution is -2.56. The molecule has 17 heavy (non-hydrogen) atoms. The number of nitrogens with zero attached hydrogens (tertiary/aromatic N) is 1. The Morgan fingerprint density at radius 1 is 1.29 bits per heavy atom. The van der Waals surface area contributed by atoms with Crippen LogP contribution in [0.3, 0.4) is 0 Å². The van der Waals surface area contributed by atoms with Crippen LogP contribution in [0.1, 0.15) is 53.9 Å². The highest BCUT2D eigenvalue weighted by atomic mass is 15.2. The first-order chi connectivity index (χ1) is 8.02. The molecule has 0 saturated carbocycles. The number of hydrogen-bond acceptors (Lipinski definition) is 2. The van der Waals surface area contributed by atoms with Crippen molar-refractivity contribution in [1.82, 2.24) is 10.2 Å². The topological polar surface area (TPSA) is 15.3 Å². The predicted octanol–water partition coefficient (Wildman–Crippen LogP) is 3.13. The first-order valence-electron chi connectivity index (χ1n) is 7.50. The van der Waals surface area contributed by atoms with Gasteiger partial charge >= 0.3 is 0 Å². The Morgan fingerprint density at radius 2 is 2.00 bits per heavy atom. The maximum absolute atomic E-state index is 3.67. The molecule has 1 N–H and O–H groups in total. The standard InChI is InChI=1S/C15H32N2/c1-6-7-15-11-17(14(5)9-16-15)10-13(4)8-12(2)3/h12-16H,6-11H2,1-5H3. The highest BCUT2D eigenvalue weighted by Crippen LogP contribution is 2.17. The van der Waals surface area contributed by atoms with E-state index in [1.54, 1.807) is 0 Å². The third-order valence-corrected chi connectivity index (χ3v) is 3.84. The lowest BCUT2D eigenvalue weighted by Gasteiger charge is -2.40. The zero-order valence-electron chi connectivity index (χ0n) is 12.5. The Labute approximate surface area is 108 Å². The lowest BCUT2D eigenvalue weighted by molar-refractivity contribution is 0.115. The molecule has 0 bridgehead atoms. The Hall–Kier alpha value is -0.0800. The summed E-state index contributed by atoms with van der Waals surface area (Å²) in [6.07, 6.45) is 3.97. The maximum Gasteiger partial charge on any atom is 0.0195 e. The highest BCUT2D eigenvalue weighted by molar-refractivity contribution is 4.84. The van der Waals surface area contributed by atoms with E-state index < -0.39 is 0 Å². The van der Waals surface area contributed by atoms with Crippen LogP contribution >= 0.6 is 0 Å². The summed E-state index contributed by atoms with van der Waals surface area (Å²) in [7, 11) is 0. The molecule has 0 radical (unpaired) electrons. The van der Waals surface area contributed by atoms with Gasteiger partial charge in [0.15, 0.2) is 0 Å². The van der Waals surface area contributed by atoms with E-state index in [1.807, 2.05) is 0 Å².